The monoisotopic (exact) mass is 287 g/mol. The van der Waals surface area contributed by atoms with Gasteiger partial charge in [0.2, 0.25) is 5.91 Å². The SMILES string of the molecule is NC(CC(=O)NC1CCN2CCCC2C1)c1ccccc1. The summed E-state index contributed by atoms with van der Waals surface area (Å²) < 4.78 is 0. The normalized spacial score (nSPS) is 27.1. The van der Waals surface area contributed by atoms with Crippen molar-refractivity contribution in [2.75, 3.05) is 13.1 Å². The van der Waals surface area contributed by atoms with E-state index >= 15 is 0 Å². The molecule has 3 atom stereocenters. The van der Waals surface area contributed by atoms with Crippen LogP contribution >= 0.6 is 0 Å². The molecule has 0 aromatic heterocycles. The molecule has 2 saturated heterocycles. The summed E-state index contributed by atoms with van der Waals surface area (Å²) in [6, 6.07) is 10.7. The molecule has 1 aromatic carbocycles. The average molecular weight is 287 g/mol. The number of amides is 1. The van der Waals surface area contributed by atoms with E-state index in [9.17, 15) is 4.79 Å². The van der Waals surface area contributed by atoms with Crippen LogP contribution < -0.4 is 11.1 Å². The molecule has 21 heavy (non-hydrogen) atoms. The summed E-state index contributed by atoms with van der Waals surface area (Å²) >= 11 is 0. The van der Waals surface area contributed by atoms with E-state index in [0.717, 1.165) is 24.9 Å². The maximum atomic E-state index is 12.2. The Hall–Kier alpha value is -1.39. The summed E-state index contributed by atoms with van der Waals surface area (Å²) in [6.45, 7) is 2.37. The van der Waals surface area contributed by atoms with E-state index in [0.29, 0.717) is 18.5 Å². The highest BCUT2D eigenvalue weighted by molar-refractivity contribution is 5.77. The first-order valence-electron chi connectivity index (χ1n) is 8.06. The summed E-state index contributed by atoms with van der Waals surface area (Å²) in [4.78, 5) is 14.8. The molecular formula is C17H25N3O. The first-order chi connectivity index (χ1) is 10.2. The number of carbonyl (C=O) groups is 1. The Morgan fingerprint density at radius 1 is 1.29 bits per heavy atom. The van der Waals surface area contributed by atoms with Gasteiger partial charge < -0.3 is 16.0 Å². The zero-order valence-electron chi connectivity index (χ0n) is 12.5. The number of benzene rings is 1. The minimum Gasteiger partial charge on any atom is -0.353 e. The molecule has 3 N–H and O–H groups in total. The summed E-state index contributed by atoms with van der Waals surface area (Å²) in [5, 5.41) is 3.19. The highest BCUT2D eigenvalue weighted by atomic mass is 16.1. The number of carbonyl (C=O) groups excluding carboxylic acids is 1. The van der Waals surface area contributed by atoms with Crippen LogP contribution in [0.25, 0.3) is 0 Å². The van der Waals surface area contributed by atoms with E-state index in [1.807, 2.05) is 30.3 Å². The van der Waals surface area contributed by atoms with Gasteiger partial charge in [0.05, 0.1) is 0 Å². The molecule has 4 heteroatoms. The fourth-order valence-corrected chi connectivity index (χ4v) is 3.66. The van der Waals surface area contributed by atoms with E-state index in [4.69, 9.17) is 5.73 Å². The van der Waals surface area contributed by atoms with E-state index in [2.05, 4.69) is 10.2 Å². The number of nitrogens with zero attached hydrogens (tertiary/aromatic N) is 1. The van der Waals surface area contributed by atoms with E-state index in [1.165, 1.54) is 19.4 Å². The van der Waals surface area contributed by atoms with Gasteiger partial charge in [0.15, 0.2) is 0 Å². The summed E-state index contributed by atoms with van der Waals surface area (Å²) in [5.74, 6) is 0.0859. The standard InChI is InChI=1S/C17H25N3O/c18-16(13-5-2-1-3-6-13)12-17(21)19-14-8-10-20-9-4-7-15(20)11-14/h1-3,5-6,14-16H,4,7-12,18H2,(H,19,21). The zero-order valence-corrected chi connectivity index (χ0v) is 12.5. The van der Waals surface area contributed by atoms with Gasteiger partial charge in [-0.05, 0) is 37.8 Å². The fraction of sp³-hybridized carbons (Fsp3) is 0.588. The van der Waals surface area contributed by atoms with Gasteiger partial charge in [0.25, 0.3) is 0 Å². The van der Waals surface area contributed by atoms with Crippen molar-refractivity contribution < 1.29 is 4.79 Å². The third kappa shape index (κ3) is 3.63. The molecule has 0 bridgehead atoms. The van der Waals surface area contributed by atoms with Crippen LogP contribution in [0.15, 0.2) is 30.3 Å². The van der Waals surface area contributed by atoms with Crippen LogP contribution in [-0.2, 0) is 4.79 Å². The molecule has 0 aliphatic carbocycles. The Morgan fingerprint density at radius 2 is 2.10 bits per heavy atom. The van der Waals surface area contributed by atoms with Gasteiger partial charge in [-0.25, -0.2) is 0 Å². The van der Waals surface area contributed by atoms with Crippen molar-refractivity contribution in [3.8, 4) is 0 Å². The van der Waals surface area contributed by atoms with E-state index in [-0.39, 0.29) is 11.9 Å². The van der Waals surface area contributed by atoms with Gasteiger partial charge in [-0.3, -0.25) is 4.79 Å². The number of nitrogens with two attached hydrogens (primary N) is 1. The maximum Gasteiger partial charge on any atom is 0.222 e. The molecule has 1 aromatic rings. The van der Waals surface area contributed by atoms with Crippen molar-refractivity contribution in [3.63, 3.8) is 0 Å². The summed E-state index contributed by atoms with van der Waals surface area (Å²) in [7, 11) is 0. The Labute approximate surface area is 126 Å². The number of piperidine rings is 1. The molecule has 2 aliphatic heterocycles. The molecular weight excluding hydrogens is 262 g/mol. The molecule has 2 fully saturated rings. The second kappa shape index (κ2) is 6.58. The first kappa shape index (κ1) is 14.5. The predicted molar refractivity (Wildman–Crippen MR) is 83.7 cm³/mol. The molecule has 4 nitrogen and oxygen atoms in total. The minimum atomic E-state index is -0.210. The Kier molecular flexibility index (Phi) is 4.56. The Balaban J connectivity index is 1.48. The Bertz CT molecular complexity index is 476. The highest BCUT2D eigenvalue weighted by Gasteiger charge is 2.32. The zero-order chi connectivity index (χ0) is 14.7. The van der Waals surface area contributed by atoms with Crippen LogP contribution in [0.4, 0.5) is 0 Å². The molecule has 1 amide bonds. The van der Waals surface area contributed by atoms with Crippen molar-refractivity contribution in [3.05, 3.63) is 35.9 Å². The van der Waals surface area contributed by atoms with Crippen molar-refractivity contribution in [1.29, 1.82) is 0 Å². The maximum absolute atomic E-state index is 12.2. The van der Waals surface area contributed by atoms with Gasteiger partial charge in [-0.1, -0.05) is 30.3 Å². The summed E-state index contributed by atoms with van der Waals surface area (Å²) in [6.07, 6.45) is 5.14. The predicted octanol–water partition coefficient (Wildman–Crippen LogP) is 1.82. The van der Waals surface area contributed by atoms with Crippen molar-refractivity contribution in [1.82, 2.24) is 10.2 Å². The Morgan fingerprint density at radius 3 is 2.90 bits per heavy atom. The molecule has 2 heterocycles. The van der Waals surface area contributed by atoms with Crippen LogP contribution in [0.1, 0.15) is 43.7 Å². The molecule has 2 aliphatic rings. The van der Waals surface area contributed by atoms with Crippen LogP contribution in [0.2, 0.25) is 0 Å². The van der Waals surface area contributed by atoms with Crippen molar-refractivity contribution in [2.45, 2.75) is 50.2 Å². The third-order valence-electron chi connectivity index (χ3n) is 4.82. The first-order valence-corrected chi connectivity index (χ1v) is 8.06. The van der Waals surface area contributed by atoms with Gasteiger partial charge in [0, 0.05) is 31.1 Å². The minimum absolute atomic E-state index is 0.0859. The van der Waals surface area contributed by atoms with Crippen molar-refractivity contribution >= 4 is 5.91 Å². The van der Waals surface area contributed by atoms with Crippen molar-refractivity contribution in [2.24, 2.45) is 5.73 Å². The van der Waals surface area contributed by atoms with Gasteiger partial charge in [0.1, 0.15) is 0 Å². The number of hydrogen-bond acceptors (Lipinski definition) is 3. The number of fused-ring (bicyclic) bond motifs is 1. The molecule has 3 rings (SSSR count). The number of nitrogens with one attached hydrogen (secondary N) is 1. The fourth-order valence-electron chi connectivity index (χ4n) is 3.66. The second-order valence-corrected chi connectivity index (χ2v) is 6.34. The van der Waals surface area contributed by atoms with Gasteiger partial charge in [-0.2, -0.15) is 0 Å². The van der Waals surface area contributed by atoms with E-state index < -0.39 is 0 Å². The highest BCUT2D eigenvalue weighted by Crippen LogP contribution is 2.27. The lowest BCUT2D eigenvalue weighted by atomic mass is 9.97. The molecule has 114 valence electrons. The second-order valence-electron chi connectivity index (χ2n) is 6.34. The van der Waals surface area contributed by atoms with Gasteiger partial charge in [-0.15, -0.1) is 0 Å². The van der Waals surface area contributed by atoms with Crippen LogP contribution in [0.3, 0.4) is 0 Å². The van der Waals surface area contributed by atoms with Crippen LogP contribution in [0, 0.1) is 0 Å². The summed E-state index contributed by atoms with van der Waals surface area (Å²) in [5.41, 5.74) is 7.14. The van der Waals surface area contributed by atoms with Crippen LogP contribution in [0.5, 0.6) is 0 Å². The largest absolute Gasteiger partial charge is 0.353 e. The quantitative estimate of drug-likeness (QED) is 0.888. The van der Waals surface area contributed by atoms with E-state index in [1.54, 1.807) is 0 Å². The topological polar surface area (TPSA) is 58.4 Å². The smallest absolute Gasteiger partial charge is 0.222 e. The molecule has 0 radical (unpaired) electrons. The molecule has 0 spiro atoms. The molecule has 3 unspecified atom stereocenters. The third-order valence-corrected chi connectivity index (χ3v) is 4.82. The lowest BCUT2D eigenvalue weighted by Gasteiger charge is -2.35. The van der Waals surface area contributed by atoms with Gasteiger partial charge >= 0.3 is 0 Å². The molecule has 0 saturated carbocycles. The lowest BCUT2D eigenvalue weighted by Crippen LogP contribution is -2.47. The number of rotatable bonds is 4. The average Bonchev–Trinajstić information content (AvgIpc) is 2.95. The lowest BCUT2D eigenvalue weighted by molar-refractivity contribution is -0.122. The van der Waals surface area contributed by atoms with Crippen LogP contribution in [-0.4, -0.2) is 36.0 Å². The number of hydrogen-bond donors (Lipinski definition) is 2.